The maximum atomic E-state index is 12.4. The van der Waals surface area contributed by atoms with E-state index in [1.807, 2.05) is 19.1 Å². The number of para-hydroxylation sites is 1. The number of hydrogen-bond acceptors (Lipinski definition) is 2. The van der Waals surface area contributed by atoms with Crippen molar-refractivity contribution in [2.45, 2.75) is 33.1 Å². The van der Waals surface area contributed by atoms with Crippen molar-refractivity contribution in [3.8, 4) is 0 Å². The van der Waals surface area contributed by atoms with Crippen LogP contribution < -0.4 is 5.32 Å². The van der Waals surface area contributed by atoms with E-state index in [1.165, 1.54) is 5.56 Å². The molecule has 2 heterocycles. The molecule has 0 radical (unpaired) electrons. The second-order valence-electron chi connectivity index (χ2n) is 6.23. The molecule has 22 heavy (non-hydrogen) atoms. The van der Waals surface area contributed by atoms with Crippen LogP contribution in [-0.4, -0.2) is 30.6 Å². The first kappa shape index (κ1) is 15.1. The van der Waals surface area contributed by atoms with Crippen molar-refractivity contribution in [1.29, 1.82) is 0 Å². The minimum atomic E-state index is 0.00882. The number of aromatic amines is 1. The Morgan fingerprint density at radius 1 is 1.41 bits per heavy atom. The second kappa shape index (κ2) is 6.53. The molecule has 0 saturated carbocycles. The van der Waals surface area contributed by atoms with Crippen molar-refractivity contribution in [2.75, 3.05) is 19.8 Å². The van der Waals surface area contributed by atoms with Crippen LogP contribution in [0.15, 0.2) is 18.2 Å². The van der Waals surface area contributed by atoms with E-state index in [0.717, 1.165) is 61.2 Å². The fraction of sp³-hybridized carbons (Fsp3) is 0.500. The summed E-state index contributed by atoms with van der Waals surface area (Å²) in [5.41, 5.74) is 4.01. The summed E-state index contributed by atoms with van der Waals surface area (Å²) in [4.78, 5) is 15.8. The molecule has 2 aromatic rings. The Kier molecular flexibility index (Phi) is 4.48. The average Bonchev–Trinajstić information content (AvgIpc) is 3.13. The van der Waals surface area contributed by atoms with E-state index < -0.39 is 0 Å². The van der Waals surface area contributed by atoms with Gasteiger partial charge in [0.1, 0.15) is 0 Å². The molecule has 1 atom stereocenters. The Bertz CT molecular complexity index is 669. The van der Waals surface area contributed by atoms with E-state index in [9.17, 15) is 4.79 Å². The highest BCUT2D eigenvalue weighted by Crippen LogP contribution is 2.24. The number of benzene rings is 1. The quantitative estimate of drug-likeness (QED) is 0.832. The molecule has 2 N–H and O–H groups in total. The summed E-state index contributed by atoms with van der Waals surface area (Å²) in [6, 6.07) is 5.90. The lowest BCUT2D eigenvalue weighted by Gasteiger charge is -2.09. The number of ether oxygens (including phenoxy) is 1. The first-order valence-corrected chi connectivity index (χ1v) is 8.10. The topological polar surface area (TPSA) is 54.1 Å². The molecule has 0 bridgehead atoms. The predicted octanol–water partition coefficient (Wildman–Crippen LogP) is 3.33. The van der Waals surface area contributed by atoms with Gasteiger partial charge in [-0.1, -0.05) is 12.1 Å². The van der Waals surface area contributed by atoms with Crippen LogP contribution in [0, 0.1) is 19.8 Å². The predicted molar refractivity (Wildman–Crippen MR) is 88.3 cm³/mol. The highest BCUT2D eigenvalue weighted by atomic mass is 16.5. The van der Waals surface area contributed by atoms with Crippen LogP contribution in [0.25, 0.3) is 10.9 Å². The van der Waals surface area contributed by atoms with Crippen LogP contribution in [-0.2, 0) is 4.74 Å². The van der Waals surface area contributed by atoms with Crippen LogP contribution in [0.5, 0.6) is 0 Å². The number of carbonyl (C=O) groups is 1. The number of carbonyl (C=O) groups excluding carboxylic acids is 1. The third-order valence-corrected chi connectivity index (χ3v) is 4.69. The van der Waals surface area contributed by atoms with Gasteiger partial charge in [0.25, 0.3) is 5.91 Å². The molecule has 1 aromatic heterocycles. The molecule has 1 unspecified atom stereocenters. The minimum Gasteiger partial charge on any atom is -0.381 e. The lowest BCUT2D eigenvalue weighted by molar-refractivity contribution is 0.0954. The third-order valence-electron chi connectivity index (χ3n) is 4.69. The van der Waals surface area contributed by atoms with Crippen LogP contribution >= 0.6 is 0 Å². The number of aryl methyl sites for hydroxylation is 2. The molecule has 118 valence electrons. The monoisotopic (exact) mass is 300 g/mol. The van der Waals surface area contributed by atoms with Gasteiger partial charge in [0.2, 0.25) is 0 Å². The maximum absolute atomic E-state index is 12.4. The molecule has 3 rings (SSSR count). The Hall–Kier alpha value is -1.81. The number of H-pyrrole nitrogens is 1. The molecule has 1 amide bonds. The van der Waals surface area contributed by atoms with Crippen LogP contribution in [0.4, 0.5) is 0 Å². The number of aromatic nitrogens is 1. The highest BCUT2D eigenvalue weighted by Gasteiger charge is 2.16. The largest absolute Gasteiger partial charge is 0.381 e. The standard InChI is InChI=1S/C18H24N2O2/c1-12-13(2)20-17-15(12)6-3-7-16(17)18(21)19-9-4-5-14-8-10-22-11-14/h3,6-7,14,20H,4-5,8-11H2,1-2H3,(H,19,21). The molecule has 1 fully saturated rings. The summed E-state index contributed by atoms with van der Waals surface area (Å²) < 4.78 is 5.37. The Balaban J connectivity index is 1.61. The van der Waals surface area contributed by atoms with Crippen LogP contribution in [0.3, 0.4) is 0 Å². The van der Waals surface area contributed by atoms with Crippen molar-refractivity contribution in [3.05, 3.63) is 35.0 Å². The van der Waals surface area contributed by atoms with Gasteiger partial charge < -0.3 is 15.0 Å². The summed E-state index contributed by atoms with van der Waals surface area (Å²) >= 11 is 0. The summed E-state index contributed by atoms with van der Waals surface area (Å²) in [5.74, 6) is 0.684. The molecule has 1 aliphatic heterocycles. The van der Waals surface area contributed by atoms with Gasteiger partial charge in [0.15, 0.2) is 0 Å². The molecular weight excluding hydrogens is 276 g/mol. The van der Waals surface area contributed by atoms with Crippen molar-refractivity contribution in [3.63, 3.8) is 0 Å². The molecule has 0 aliphatic carbocycles. The van der Waals surface area contributed by atoms with Gasteiger partial charge in [-0.2, -0.15) is 0 Å². The zero-order chi connectivity index (χ0) is 15.5. The van der Waals surface area contributed by atoms with Crippen LogP contribution in [0.1, 0.15) is 40.9 Å². The van der Waals surface area contributed by atoms with Crippen LogP contribution in [0.2, 0.25) is 0 Å². The van der Waals surface area contributed by atoms with Gasteiger partial charge in [-0.3, -0.25) is 4.79 Å². The first-order chi connectivity index (χ1) is 10.7. The number of rotatable bonds is 5. The van der Waals surface area contributed by atoms with Crippen molar-refractivity contribution >= 4 is 16.8 Å². The number of amides is 1. The lowest BCUT2D eigenvalue weighted by Crippen LogP contribution is -2.25. The smallest absolute Gasteiger partial charge is 0.253 e. The van der Waals surface area contributed by atoms with Gasteiger partial charge in [0.05, 0.1) is 11.1 Å². The highest BCUT2D eigenvalue weighted by molar-refractivity contribution is 6.06. The Morgan fingerprint density at radius 2 is 2.27 bits per heavy atom. The first-order valence-electron chi connectivity index (χ1n) is 8.10. The summed E-state index contributed by atoms with van der Waals surface area (Å²) in [7, 11) is 0. The van der Waals surface area contributed by atoms with E-state index in [-0.39, 0.29) is 5.91 Å². The van der Waals surface area contributed by atoms with E-state index in [2.05, 4.69) is 23.3 Å². The van der Waals surface area contributed by atoms with Gasteiger partial charge in [-0.25, -0.2) is 0 Å². The second-order valence-corrected chi connectivity index (χ2v) is 6.23. The SMILES string of the molecule is Cc1[nH]c2c(C(=O)NCCCC3CCOC3)cccc2c1C. The number of fused-ring (bicyclic) bond motifs is 1. The summed E-state index contributed by atoms with van der Waals surface area (Å²) in [6.07, 6.45) is 3.30. The third kappa shape index (κ3) is 3.02. The van der Waals surface area contributed by atoms with E-state index in [1.54, 1.807) is 0 Å². The number of hydrogen-bond donors (Lipinski definition) is 2. The molecular formula is C18H24N2O2. The molecule has 1 aliphatic rings. The molecule has 1 aromatic carbocycles. The molecule has 4 nitrogen and oxygen atoms in total. The molecule has 0 spiro atoms. The van der Waals surface area contributed by atoms with Gasteiger partial charge in [-0.05, 0) is 50.7 Å². The normalized spacial score (nSPS) is 18.0. The fourth-order valence-corrected chi connectivity index (χ4v) is 3.17. The average molecular weight is 300 g/mol. The van der Waals surface area contributed by atoms with E-state index in [4.69, 9.17) is 4.74 Å². The van der Waals surface area contributed by atoms with Crippen molar-refractivity contribution in [2.24, 2.45) is 5.92 Å². The number of nitrogens with one attached hydrogen (secondary N) is 2. The minimum absolute atomic E-state index is 0.00882. The molecule has 4 heteroatoms. The lowest BCUT2D eigenvalue weighted by atomic mass is 10.0. The summed E-state index contributed by atoms with van der Waals surface area (Å²) in [6.45, 7) is 6.63. The Labute approximate surface area is 131 Å². The van der Waals surface area contributed by atoms with Gasteiger partial charge in [0, 0.05) is 30.8 Å². The van der Waals surface area contributed by atoms with E-state index >= 15 is 0 Å². The maximum Gasteiger partial charge on any atom is 0.253 e. The van der Waals surface area contributed by atoms with Gasteiger partial charge in [-0.15, -0.1) is 0 Å². The summed E-state index contributed by atoms with van der Waals surface area (Å²) in [5, 5.41) is 4.18. The Morgan fingerprint density at radius 3 is 3.05 bits per heavy atom. The zero-order valence-electron chi connectivity index (χ0n) is 13.4. The van der Waals surface area contributed by atoms with Crippen molar-refractivity contribution in [1.82, 2.24) is 10.3 Å². The zero-order valence-corrected chi connectivity index (χ0v) is 13.4. The molecule has 1 saturated heterocycles. The fourth-order valence-electron chi connectivity index (χ4n) is 3.17. The van der Waals surface area contributed by atoms with Crippen molar-refractivity contribution < 1.29 is 9.53 Å². The van der Waals surface area contributed by atoms with E-state index in [0.29, 0.717) is 5.92 Å². The van der Waals surface area contributed by atoms with Gasteiger partial charge >= 0.3 is 0 Å².